The Bertz CT molecular complexity index is 521. The molecular formula is C15H15F3N2. The second kappa shape index (κ2) is 6.32. The van der Waals surface area contributed by atoms with Crippen LogP contribution in [0, 0.1) is 0 Å². The molecule has 2 rings (SSSR count). The fourth-order valence-corrected chi connectivity index (χ4v) is 1.75. The first-order valence-electron chi connectivity index (χ1n) is 6.26. The Hall–Kier alpha value is -2.17. The first-order chi connectivity index (χ1) is 9.55. The van der Waals surface area contributed by atoms with Gasteiger partial charge in [0.1, 0.15) is 0 Å². The summed E-state index contributed by atoms with van der Waals surface area (Å²) in [5.74, 6) is 0. The first-order valence-corrected chi connectivity index (χ1v) is 6.26. The van der Waals surface area contributed by atoms with Gasteiger partial charge < -0.3 is 10.6 Å². The first kappa shape index (κ1) is 14.2. The third-order valence-electron chi connectivity index (χ3n) is 2.77. The fourth-order valence-electron chi connectivity index (χ4n) is 1.75. The largest absolute Gasteiger partial charge is 0.416 e. The number of benzene rings is 2. The van der Waals surface area contributed by atoms with Crippen molar-refractivity contribution in [3.05, 3.63) is 60.2 Å². The topological polar surface area (TPSA) is 24.1 Å². The molecule has 5 heteroatoms. The normalized spacial score (nSPS) is 11.2. The van der Waals surface area contributed by atoms with Crippen LogP contribution in [0.25, 0.3) is 0 Å². The van der Waals surface area contributed by atoms with Crippen LogP contribution in [0.3, 0.4) is 0 Å². The Morgan fingerprint density at radius 1 is 0.700 bits per heavy atom. The number of hydrogen-bond acceptors (Lipinski definition) is 2. The SMILES string of the molecule is FC(F)(F)c1ccc(NCCNc2ccccc2)cc1. The van der Waals surface area contributed by atoms with Gasteiger partial charge in [-0.3, -0.25) is 0 Å². The molecule has 106 valence electrons. The molecule has 0 atom stereocenters. The van der Waals surface area contributed by atoms with Crippen molar-refractivity contribution in [1.82, 2.24) is 0 Å². The van der Waals surface area contributed by atoms with Crippen LogP contribution < -0.4 is 10.6 Å². The van der Waals surface area contributed by atoms with Gasteiger partial charge in [-0.05, 0) is 36.4 Å². The molecule has 2 nitrogen and oxygen atoms in total. The Balaban J connectivity index is 1.77. The van der Waals surface area contributed by atoms with E-state index in [9.17, 15) is 13.2 Å². The minimum absolute atomic E-state index is 0.625. The van der Waals surface area contributed by atoms with E-state index in [0.717, 1.165) is 17.8 Å². The number of halogens is 3. The average Bonchev–Trinajstić information content (AvgIpc) is 2.44. The van der Waals surface area contributed by atoms with Crippen molar-refractivity contribution in [3.8, 4) is 0 Å². The van der Waals surface area contributed by atoms with Crippen molar-refractivity contribution >= 4 is 11.4 Å². The van der Waals surface area contributed by atoms with Gasteiger partial charge in [-0.25, -0.2) is 0 Å². The molecule has 0 aliphatic heterocycles. The Labute approximate surface area is 115 Å². The summed E-state index contributed by atoms with van der Waals surface area (Å²) in [5, 5.41) is 6.27. The van der Waals surface area contributed by atoms with Gasteiger partial charge in [-0.1, -0.05) is 18.2 Å². The molecule has 2 N–H and O–H groups in total. The zero-order valence-corrected chi connectivity index (χ0v) is 10.7. The maximum atomic E-state index is 12.4. The lowest BCUT2D eigenvalue weighted by Gasteiger charge is -2.10. The molecule has 2 aromatic rings. The van der Waals surface area contributed by atoms with Crippen LogP contribution in [0.15, 0.2) is 54.6 Å². The molecule has 0 unspecified atom stereocenters. The van der Waals surface area contributed by atoms with Crippen LogP contribution in [0.4, 0.5) is 24.5 Å². The summed E-state index contributed by atoms with van der Waals surface area (Å²) in [6.07, 6.45) is -4.28. The maximum absolute atomic E-state index is 12.4. The van der Waals surface area contributed by atoms with Crippen LogP contribution in [-0.2, 0) is 6.18 Å². The van der Waals surface area contributed by atoms with Gasteiger partial charge in [-0.15, -0.1) is 0 Å². The van der Waals surface area contributed by atoms with Gasteiger partial charge in [-0.2, -0.15) is 13.2 Å². The smallest absolute Gasteiger partial charge is 0.383 e. The van der Waals surface area contributed by atoms with Crippen molar-refractivity contribution in [3.63, 3.8) is 0 Å². The van der Waals surface area contributed by atoms with Crippen LogP contribution in [0.1, 0.15) is 5.56 Å². The van der Waals surface area contributed by atoms with Crippen molar-refractivity contribution in [2.24, 2.45) is 0 Å². The van der Waals surface area contributed by atoms with Crippen LogP contribution in [0.5, 0.6) is 0 Å². The minimum Gasteiger partial charge on any atom is -0.383 e. The van der Waals surface area contributed by atoms with Gasteiger partial charge in [0, 0.05) is 24.5 Å². The Kier molecular flexibility index (Phi) is 4.50. The van der Waals surface area contributed by atoms with Crippen LogP contribution in [0.2, 0.25) is 0 Å². The lowest BCUT2D eigenvalue weighted by molar-refractivity contribution is -0.137. The number of anilines is 2. The van der Waals surface area contributed by atoms with Crippen molar-refractivity contribution in [1.29, 1.82) is 0 Å². The molecule has 20 heavy (non-hydrogen) atoms. The molecular weight excluding hydrogens is 265 g/mol. The molecule has 0 aliphatic rings. The van der Waals surface area contributed by atoms with E-state index < -0.39 is 11.7 Å². The van der Waals surface area contributed by atoms with E-state index >= 15 is 0 Å². The third-order valence-corrected chi connectivity index (χ3v) is 2.77. The molecule has 2 aromatic carbocycles. The lowest BCUT2D eigenvalue weighted by atomic mass is 10.2. The van der Waals surface area contributed by atoms with Gasteiger partial charge in [0.15, 0.2) is 0 Å². The van der Waals surface area contributed by atoms with E-state index in [1.807, 2.05) is 30.3 Å². The molecule has 0 heterocycles. The van der Waals surface area contributed by atoms with Gasteiger partial charge in [0.25, 0.3) is 0 Å². The molecule has 0 saturated heterocycles. The molecule has 0 spiro atoms. The van der Waals surface area contributed by atoms with Crippen molar-refractivity contribution in [2.75, 3.05) is 23.7 Å². The zero-order chi connectivity index (χ0) is 14.4. The second-order valence-corrected chi connectivity index (χ2v) is 4.29. The number of hydrogen-bond donors (Lipinski definition) is 2. The molecule has 0 fully saturated rings. The monoisotopic (exact) mass is 280 g/mol. The molecule has 0 aromatic heterocycles. The number of nitrogens with one attached hydrogen (secondary N) is 2. The Morgan fingerprint density at radius 3 is 1.70 bits per heavy atom. The van der Waals surface area contributed by atoms with Crippen molar-refractivity contribution < 1.29 is 13.2 Å². The highest BCUT2D eigenvalue weighted by Crippen LogP contribution is 2.29. The predicted octanol–water partition coefficient (Wildman–Crippen LogP) is 4.23. The minimum atomic E-state index is -4.28. The summed E-state index contributed by atoms with van der Waals surface area (Å²) in [5.41, 5.74) is 1.06. The highest BCUT2D eigenvalue weighted by Gasteiger charge is 2.29. The Morgan fingerprint density at radius 2 is 1.20 bits per heavy atom. The molecule has 0 aliphatic carbocycles. The molecule has 0 bridgehead atoms. The molecule has 0 amide bonds. The summed E-state index contributed by atoms with van der Waals surface area (Å²) in [7, 11) is 0. The zero-order valence-electron chi connectivity index (χ0n) is 10.7. The molecule has 0 saturated carbocycles. The number of para-hydroxylation sites is 1. The van der Waals surface area contributed by atoms with Gasteiger partial charge in [0.2, 0.25) is 0 Å². The van der Waals surface area contributed by atoms with E-state index in [4.69, 9.17) is 0 Å². The lowest BCUT2D eigenvalue weighted by Crippen LogP contribution is -2.13. The number of alkyl halides is 3. The fraction of sp³-hybridized carbons (Fsp3) is 0.200. The van der Waals surface area contributed by atoms with E-state index in [1.54, 1.807) is 0 Å². The maximum Gasteiger partial charge on any atom is 0.416 e. The quantitative estimate of drug-likeness (QED) is 0.801. The summed E-state index contributed by atoms with van der Waals surface area (Å²) >= 11 is 0. The standard InChI is InChI=1S/C15H15F3N2/c16-15(17,18)12-6-8-14(9-7-12)20-11-10-19-13-4-2-1-3-5-13/h1-9,19-20H,10-11H2. The summed E-state index contributed by atoms with van der Waals surface area (Å²) < 4.78 is 37.2. The van der Waals surface area contributed by atoms with Crippen molar-refractivity contribution in [2.45, 2.75) is 6.18 Å². The highest BCUT2D eigenvalue weighted by molar-refractivity contribution is 5.46. The van der Waals surface area contributed by atoms with Gasteiger partial charge in [0.05, 0.1) is 5.56 Å². The molecule has 0 radical (unpaired) electrons. The van der Waals surface area contributed by atoms with Gasteiger partial charge >= 0.3 is 6.18 Å². The van der Waals surface area contributed by atoms with E-state index in [1.165, 1.54) is 12.1 Å². The highest BCUT2D eigenvalue weighted by atomic mass is 19.4. The van der Waals surface area contributed by atoms with E-state index in [2.05, 4.69) is 10.6 Å². The van der Waals surface area contributed by atoms with Crippen LogP contribution in [-0.4, -0.2) is 13.1 Å². The number of rotatable bonds is 5. The van der Waals surface area contributed by atoms with E-state index in [-0.39, 0.29) is 0 Å². The summed E-state index contributed by atoms with van der Waals surface area (Å²) in [4.78, 5) is 0. The van der Waals surface area contributed by atoms with Crippen LogP contribution >= 0.6 is 0 Å². The predicted molar refractivity (Wildman–Crippen MR) is 74.9 cm³/mol. The third kappa shape index (κ3) is 4.19. The second-order valence-electron chi connectivity index (χ2n) is 4.29. The summed E-state index contributed by atoms with van der Waals surface area (Å²) in [6, 6.07) is 14.7. The van der Waals surface area contributed by atoms with E-state index in [0.29, 0.717) is 18.8 Å². The average molecular weight is 280 g/mol. The summed E-state index contributed by atoms with van der Waals surface area (Å²) in [6.45, 7) is 1.31.